The van der Waals surface area contributed by atoms with Crippen molar-refractivity contribution in [2.75, 3.05) is 10.6 Å². The van der Waals surface area contributed by atoms with Gasteiger partial charge in [0.25, 0.3) is 0 Å². The maximum absolute atomic E-state index is 13.4. The molecule has 0 aliphatic carbocycles. The highest BCUT2D eigenvalue weighted by Crippen LogP contribution is 2.20. The summed E-state index contributed by atoms with van der Waals surface area (Å²) in [6.45, 7) is 3.14. The van der Waals surface area contributed by atoms with Crippen molar-refractivity contribution >= 4 is 17.4 Å². The Morgan fingerprint density at radius 2 is 1.25 bits per heavy atom. The van der Waals surface area contributed by atoms with Crippen LogP contribution in [0, 0.1) is 25.5 Å². The molecular formula is C15H14F2N2O. The number of hydrogen-bond acceptors (Lipinski definition) is 1. The van der Waals surface area contributed by atoms with Crippen LogP contribution in [0.15, 0.2) is 36.4 Å². The van der Waals surface area contributed by atoms with Crippen LogP contribution in [0.5, 0.6) is 0 Å². The van der Waals surface area contributed by atoms with E-state index in [4.69, 9.17) is 0 Å². The van der Waals surface area contributed by atoms with Gasteiger partial charge in [0.05, 0.1) is 0 Å². The van der Waals surface area contributed by atoms with Crippen molar-refractivity contribution in [2.45, 2.75) is 13.8 Å². The number of hydrogen-bond donors (Lipinski definition) is 2. The van der Waals surface area contributed by atoms with Gasteiger partial charge in [-0.3, -0.25) is 0 Å². The zero-order valence-corrected chi connectivity index (χ0v) is 11.1. The zero-order valence-electron chi connectivity index (χ0n) is 11.1. The number of benzene rings is 2. The summed E-state index contributed by atoms with van der Waals surface area (Å²) in [5.74, 6) is -0.797. The highest BCUT2D eigenvalue weighted by Gasteiger charge is 2.10. The van der Waals surface area contributed by atoms with E-state index in [0.29, 0.717) is 22.5 Å². The molecule has 0 aliphatic rings. The average molecular weight is 276 g/mol. The Hall–Kier alpha value is -2.43. The van der Waals surface area contributed by atoms with E-state index in [0.717, 1.165) is 0 Å². The SMILES string of the molecule is Cc1c(F)cccc1NC(=O)Nc1cccc(F)c1C. The van der Waals surface area contributed by atoms with Crippen molar-refractivity contribution in [2.24, 2.45) is 0 Å². The lowest BCUT2D eigenvalue weighted by molar-refractivity contribution is 0.262. The summed E-state index contributed by atoms with van der Waals surface area (Å²) in [6.07, 6.45) is 0. The van der Waals surface area contributed by atoms with Crippen LogP contribution >= 0.6 is 0 Å². The van der Waals surface area contributed by atoms with Crippen LogP contribution in [-0.4, -0.2) is 6.03 Å². The molecule has 0 fully saturated rings. The number of amides is 2. The molecule has 104 valence electrons. The largest absolute Gasteiger partial charge is 0.323 e. The molecule has 0 heterocycles. The maximum atomic E-state index is 13.4. The Labute approximate surface area is 115 Å². The van der Waals surface area contributed by atoms with Gasteiger partial charge in [-0.15, -0.1) is 0 Å². The first-order valence-corrected chi connectivity index (χ1v) is 6.07. The second-order valence-electron chi connectivity index (χ2n) is 4.40. The van der Waals surface area contributed by atoms with Gasteiger partial charge in [0.1, 0.15) is 11.6 Å². The molecule has 20 heavy (non-hydrogen) atoms. The summed E-state index contributed by atoms with van der Waals surface area (Å²) >= 11 is 0. The van der Waals surface area contributed by atoms with E-state index < -0.39 is 17.7 Å². The molecule has 2 rings (SSSR count). The van der Waals surface area contributed by atoms with E-state index in [1.54, 1.807) is 26.0 Å². The molecule has 0 aromatic heterocycles. The Bertz CT molecular complexity index is 601. The van der Waals surface area contributed by atoms with Crippen LogP contribution in [0.3, 0.4) is 0 Å². The molecule has 0 bridgehead atoms. The minimum Gasteiger partial charge on any atom is -0.307 e. The molecular weight excluding hydrogens is 262 g/mol. The van der Waals surface area contributed by atoms with Crippen LogP contribution in [0.2, 0.25) is 0 Å². The third-order valence-electron chi connectivity index (χ3n) is 3.03. The van der Waals surface area contributed by atoms with Gasteiger partial charge in [0.2, 0.25) is 0 Å². The Morgan fingerprint density at radius 3 is 1.65 bits per heavy atom. The normalized spacial score (nSPS) is 10.2. The van der Waals surface area contributed by atoms with Gasteiger partial charge < -0.3 is 10.6 Å². The number of urea groups is 1. The van der Waals surface area contributed by atoms with Crippen molar-refractivity contribution in [3.63, 3.8) is 0 Å². The molecule has 5 heteroatoms. The molecule has 0 radical (unpaired) electrons. The summed E-state index contributed by atoms with van der Waals surface area (Å²) < 4.78 is 26.7. The van der Waals surface area contributed by atoms with E-state index in [2.05, 4.69) is 10.6 Å². The molecule has 2 amide bonds. The monoisotopic (exact) mass is 276 g/mol. The second-order valence-corrected chi connectivity index (χ2v) is 4.40. The first-order chi connectivity index (χ1) is 9.49. The molecule has 2 aromatic carbocycles. The van der Waals surface area contributed by atoms with Crippen LogP contribution in [0.4, 0.5) is 25.0 Å². The van der Waals surface area contributed by atoms with Crippen LogP contribution < -0.4 is 10.6 Å². The fourth-order valence-corrected chi connectivity index (χ4v) is 1.76. The molecule has 0 unspecified atom stereocenters. The fourth-order valence-electron chi connectivity index (χ4n) is 1.76. The lowest BCUT2D eigenvalue weighted by atomic mass is 10.2. The molecule has 0 aliphatic heterocycles. The van der Waals surface area contributed by atoms with Gasteiger partial charge in [-0.05, 0) is 38.1 Å². The lowest BCUT2D eigenvalue weighted by Crippen LogP contribution is -2.20. The Kier molecular flexibility index (Phi) is 3.98. The molecule has 3 nitrogen and oxygen atoms in total. The van der Waals surface area contributed by atoms with Gasteiger partial charge in [-0.25, -0.2) is 13.6 Å². The van der Waals surface area contributed by atoms with Crippen molar-refractivity contribution in [3.05, 3.63) is 59.2 Å². The highest BCUT2D eigenvalue weighted by atomic mass is 19.1. The zero-order chi connectivity index (χ0) is 14.7. The van der Waals surface area contributed by atoms with Gasteiger partial charge >= 0.3 is 6.03 Å². The lowest BCUT2D eigenvalue weighted by Gasteiger charge is -2.12. The number of rotatable bonds is 2. The van der Waals surface area contributed by atoms with Gasteiger partial charge in [0.15, 0.2) is 0 Å². The number of halogens is 2. The minimum absolute atomic E-state index is 0.346. The Morgan fingerprint density at radius 1 is 0.850 bits per heavy atom. The van der Waals surface area contributed by atoms with Crippen molar-refractivity contribution < 1.29 is 13.6 Å². The Balaban J connectivity index is 2.13. The number of carbonyl (C=O) groups is 1. The van der Waals surface area contributed by atoms with E-state index in [1.165, 1.54) is 24.3 Å². The third-order valence-corrected chi connectivity index (χ3v) is 3.03. The van der Waals surface area contributed by atoms with Crippen LogP contribution in [0.1, 0.15) is 11.1 Å². The molecule has 2 N–H and O–H groups in total. The van der Waals surface area contributed by atoms with E-state index in [-0.39, 0.29) is 0 Å². The third kappa shape index (κ3) is 2.93. The number of anilines is 2. The van der Waals surface area contributed by atoms with E-state index in [1.807, 2.05) is 0 Å². The van der Waals surface area contributed by atoms with E-state index >= 15 is 0 Å². The summed E-state index contributed by atoms with van der Waals surface area (Å²) in [7, 11) is 0. The predicted molar refractivity (Wildman–Crippen MR) is 74.9 cm³/mol. The summed E-state index contributed by atoms with van der Waals surface area (Å²) in [4.78, 5) is 11.8. The quantitative estimate of drug-likeness (QED) is 0.847. The topological polar surface area (TPSA) is 41.1 Å². The maximum Gasteiger partial charge on any atom is 0.323 e. The summed E-state index contributed by atoms with van der Waals surface area (Å²) in [5, 5.41) is 5.07. The van der Waals surface area contributed by atoms with Crippen molar-refractivity contribution in [3.8, 4) is 0 Å². The van der Waals surface area contributed by atoms with Crippen molar-refractivity contribution in [1.29, 1.82) is 0 Å². The first kappa shape index (κ1) is 14.0. The number of nitrogens with one attached hydrogen (secondary N) is 2. The predicted octanol–water partition coefficient (Wildman–Crippen LogP) is 4.23. The van der Waals surface area contributed by atoms with Crippen LogP contribution in [-0.2, 0) is 0 Å². The molecule has 0 saturated carbocycles. The second kappa shape index (κ2) is 5.69. The molecule has 0 spiro atoms. The van der Waals surface area contributed by atoms with E-state index in [9.17, 15) is 13.6 Å². The highest BCUT2D eigenvalue weighted by molar-refractivity contribution is 6.00. The summed E-state index contributed by atoms with van der Waals surface area (Å²) in [5.41, 5.74) is 1.44. The average Bonchev–Trinajstić information content (AvgIpc) is 2.40. The molecule has 0 atom stereocenters. The number of carbonyl (C=O) groups excluding carboxylic acids is 1. The van der Waals surface area contributed by atoms with Crippen LogP contribution in [0.25, 0.3) is 0 Å². The molecule has 2 aromatic rings. The smallest absolute Gasteiger partial charge is 0.307 e. The standard InChI is InChI=1S/C15H14F2N2O/c1-9-11(16)5-3-7-13(9)18-15(20)19-14-8-4-6-12(17)10(14)2/h3-8H,1-2H3,(H2,18,19,20). The van der Waals surface area contributed by atoms with Gasteiger partial charge in [0, 0.05) is 22.5 Å². The van der Waals surface area contributed by atoms with Gasteiger partial charge in [-0.1, -0.05) is 12.1 Å². The summed E-state index contributed by atoms with van der Waals surface area (Å²) in [6, 6.07) is 8.28. The van der Waals surface area contributed by atoms with Gasteiger partial charge in [-0.2, -0.15) is 0 Å². The molecule has 0 saturated heterocycles. The first-order valence-electron chi connectivity index (χ1n) is 6.07. The van der Waals surface area contributed by atoms with Crippen molar-refractivity contribution in [1.82, 2.24) is 0 Å². The minimum atomic E-state index is -0.549. The fraction of sp³-hybridized carbons (Fsp3) is 0.133.